The lowest BCUT2D eigenvalue weighted by Crippen LogP contribution is -2.36. The summed E-state index contributed by atoms with van der Waals surface area (Å²) in [6, 6.07) is 17.2. The fourth-order valence-corrected chi connectivity index (χ4v) is 3.89. The van der Waals surface area contributed by atoms with E-state index in [1.54, 1.807) is 54.6 Å². The van der Waals surface area contributed by atoms with Gasteiger partial charge in [0, 0.05) is 26.1 Å². The molecule has 0 unspecified atom stereocenters. The van der Waals surface area contributed by atoms with Crippen molar-refractivity contribution in [1.29, 1.82) is 0 Å². The van der Waals surface area contributed by atoms with Crippen LogP contribution in [0.25, 0.3) is 10.9 Å². The average Bonchev–Trinajstić information content (AvgIpc) is 3.14. The predicted octanol–water partition coefficient (Wildman–Crippen LogP) is 6.22. The molecule has 0 fully saturated rings. The van der Waals surface area contributed by atoms with Gasteiger partial charge in [-0.1, -0.05) is 46.4 Å². The first-order valence-corrected chi connectivity index (χ1v) is 11.2. The summed E-state index contributed by atoms with van der Waals surface area (Å²) in [5.74, 6) is -2.53. The number of carbonyl (C=O) groups is 3. The highest BCUT2D eigenvalue weighted by Gasteiger charge is 2.22. The molecular weight excluding hydrogens is 522 g/mol. The Kier molecular flexibility index (Phi) is 7.00. The molecular formula is C23H14Cl4N4O3. The molecule has 3 N–H and O–H groups in total. The molecule has 0 saturated heterocycles. The van der Waals surface area contributed by atoms with Crippen molar-refractivity contribution in [3.8, 4) is 0 Å². The summed E-state index contributed by atoms with van der Waals surface area (Å²) in [6.45, 7) is 0. The van der Waals surface area contributed by atoms with Crippen molar-refractivity contribution in [2.24, 2.45) is 0 Å². The first-order valence-electron chi connectivity index (χ1n) is 9.66. The number of nitrogens with zero attached hydrogens (tertiary/aromatic N) is 1. The van der Waals surface area contributed by atoms with E-state index < -0.39 is 17.7 Å². The zero-order valence-electron chi connectivity index (χ0n) is 17.0. The van der Waals surface area contributed by atoms with Gasteiger partial charge in [0.2, 0.25) is 0 Å². The zero-order chi connectivity index (χ0) is 24.4. The molecule has 172 valence electrons. The largest absolute Gasteiger partial charge is 0.328 e. The van der Waals surface area contributed by atoms with Gasteiger partial charge in [-0.2, -0.15) is 0 Å². The van der Waals surface area contributed by atoms with Gasteiger partial charge in [0.25, 0.3) is 5.91 Å². The van der Waals surface area contributed by atoms with Gasteiger partial charge in [-0.05, 0) is 66.7 Å². The molecule has 0 aliphatic carbocycles. The van der Waals surface area contributed by atoms with Crippen molar-refractivity contribution < 1.29 is 14.4 Å². The normalized spacial score (nSPS) is 10.7. The van der Waals surface area contributed by atoms with Crippen molar-refractivity contribution in [3.63, 3.8) is 0 Å². The third kappa shape index (κ3) is 5.29. The smallest absolute Gasteiger partial charge is 0.319 e. The summed E-state index contributed by atoms with van der Waals surface area (Å²) in [5.41, 5.74) is 3.64. The van der Waals surface area contributed by atoms with Crippen LogP contribution in [0.5, 0.6) is 0 Å². The van der Waals surface area contributed by atoms with Crippen molar-refractivity contribution in [2.75, 3.05) is 16.1 Å². The predicted molar refractivity (Wildman–Crippen MR) is 136 cm³/mol. The number of hydrogen-bond acceptors (Lipinski definition) is 3. The van der Waals surface area contributed by atoms with Gasteiger partial charge in [-0.25, -0.2) is 4.68 Å². The number of carbonyl (C=O) groups excluding carboxylic acids is 3. The Morgan fingerprint density at radius 2 is 1.32 bits per heavy atom. The third-order valence-electron chi connectivity index (χ3n) is 4.70. The maximum absolute atomic E-state index is 13.1. The summed E-state index contributed by atoms with van der Waals surface area (Å²) in [4.78, 5) is 38.2. The van der Waals surface area contributed by atoms with Crippen LogP contribution in [-0.4, -0.2) is 22.4 Å². The summed E-state index contributed by atoms with van der Waals surface area (Å²) < 4.78 is 1.20. The van der Waals surface area contributed by atoms with Crippen LogP contribution >= 0.6 is 46.4 Å². The molecule has 7 nitrogen and oxygen atoms in total. The second kappa shape index (κ2) is 9.95. The minimum Gasteiger partial charge on any atom is -0.319 e. The number of anilines is 2. The Morgan fingerprint density at radius 3 is 2.03 bits per heavy atom. The maximum Gasteiger partial charge on any atom is 0.328 e. The van der Waals surface area contributed by atoms with Crippen LogP contribution < -0.4 is 16.1 Å². The third-order valence-corrected chi connectivity index (χ3v) is 5.73. The number of hydrogen-bond donors (Lipinski definition) is 3. The monoisotopic (exact) mass is 534 g/mol. The van der Waals surface area contributed by atoms with Gasteiger partial charge in [0.1, 0.15) is 5.69 Å². The van der Waals surface area contributed by atoms with E-state index in [1.807, 2.05) is 0 Å². The molecule has 1 aromatic heterocycles. The highest BCUT2D eigenvalue weighted by Crippen LogP contribution is 2.27. The van der Waals surface area contributed by atoms with E-state index in [2.05, 4.69) is 16.1 Å². The van der Waals surface area contributed by atoms with Crippen LogP contribution in [0.15, 0.2) is 66.7 Å². The lowest BCUT2D eigenvalue weighted by molar-refractivity contribution is -0.133. The zero-order valence-corrected chi connectivity index (χ0v) is 20.1. The maximum atomic E-state index is 13.1. The summed E-state index contributed by atoms with van der Waals surface area (Å²) in [7, 11) is 0. The Bertz CT molecular complexity index is 1430. The van der Waals surface area contributed by atoms with E-state index in [9.17, 15) is 14.4 Å². The van der Waals surface area contributed by atoms with Gasteiger partial charge in [0.05, 0.1) is 16.2 Å². The number of benzene rings is 3. The number of rotatable bonds is 4. The van der Waals surface area contributed by atoms with Crippen molar-refractivity contribution in [2.45, 2.75) is 0 Å². The number of aromatic nitrogens is 1. The Hall–Kier alpha value is -3.23. The van der Waals surface area contributed by atoms with Gasteiger partial charge in [-0.15, -0.1) is 0 Å². The van der Waals surface area contributed by atoms with Crippen LogP contribution in [0, 0.1) is 0 Å². The van der Waals surface area contributed by atoms with Crippen LogP contribution in [0.3, 0.4) is 0 Å². The molecule has 1 heterocycles. The highest BCUT2D eigenvalue weighted by molar-refractivity contribution is 6.42. The molecule has 11 heteroatoms. The molecule has 0 bridgehead atoms. The number of halogens is 4. The van der Waals surface area contributed by atoms with E-state index in [-0.39, 0.29) is 10.7 Å². The molecule has 0 atom stereocenters. The highest BCUT2D eigenvalue weighted by atomic mass is 35.5. The Morgan fingerprint density at radius 1 is 0.676 bits per heavy atom. The van der Waals surface area contributed by atoms with Gasteiger partial charge < -0.3 is 10.6 Å². The summed E-state index contributed by atoms with van der Waals surface area (Å²) >= 11 is 24.0. The number of nitrogens with one attached hydrogen (secondary N) is 3. The molecule has 0 spiro atoms. The summed E-state index contributed by atoms with van der Waals surface area (Å²) in [5, 5.41) is 7.26. The van der Waals surface area contributed by atoms with Crippen LogP contribution in [0.4, 0.5) is 11.4 Å². The van der Waals surface area contributed by atoms with E-state index in [0.29, 0.717) is 37.3 Å². The van der Waals surface area contributed by atoms with Crippen molar-refractivity contribution in [3.05, 3.63) is 92.5 Å². The SMILES string of the molecule is O=C(Nc1ccc(Cl)cc1)C(=O)Nn1c(C(=O)Nc2ccc(Cl)cc2Cl)cc2cc(Cl)ccc21. The lowest BCUT2D eigenvalue weighted by Gasteiger charge is -2.13. The quantitative estimate of drug-likeness (QED) is 0.271. The standard InChI is InChI=1S/C23H14Cl4N4O3/c24-13-1-5-16(6-2-13)28-22(33)23(34)30-31-19-8-4-14(25)9-12(19)10-20(31)21(32)29-18-7-3-15(26)11-17(18)27/h1-11H,(H,28,33)(H,29,32)(H,30,34). The fraction of sp³-hybridized carbons (Fsp3) is 0. The van der Waals surface area contributed by atoms with E-state index >= 15 is 0 Å². The summed E-state index contributed by atoms with van der Waals surface area (Å²) in [6.07, 6.45) is 0. The van der Waals surface area contributed by atoms with Crippen LogP contribution in [0.1, 0.15) is 10.5 Å². The minimum atomic E-state index is -0.999. The first kappa shape index (κ1) is 23.9. The molecule has 0 aliphatic heterocycles. The van der Waals surface area contributed by atoms with E-state index in [4.69, 9.17) is 46.4 Å². The van der Waals surface area contributed by atoms with Gasteiger partial charge in [-0.3, -0.25) is 19.8 Å². The molecule has 3 amide bonds. The van der Waals surface area contributed by atoms with E-state index in [1.165, 1.54) is 16.8 Å². The first-order chi connectivity index (χ1) is 16.2. The molecule has 0 saturated carbocycles. The molecule has 34 heavy (non-hydrogen) atoms. The topological polar surface area (TPSA) is 92.2 Å². The second-order valence-corrected chi connectivity index (χ2v) is 8.76. The van der Waals surface area contributed by atoms with E-state index in [0.717, 1.165) is 0 Å². The Labute approximate surface area is 213 Å². The number of amides is 3. The van der Waals surface area contributed by atoms with Crippen molar-refractivity contribution >= 4 is 86.4 Å². The molecule has 4 rings (SSSR count). The Balaban J connectivity index is 1.63. The molecule has 0 aliphatic rings. The second-order valence-electron chi connectivity index (χ2n) is 7.05. The molecule has 3 aromatic carbocycles. The fourth-order valence-electron chi connectivity index (χ4n) is 3.12. The van der Waals surface area contributed by atoms with Crippen LogP contribution in [-0.2, 0) is 9.59 Å². The average molecular weight is 536 g/mol. The van der Waals surface area contributed by atoms with Gasteiger partial charge >= 0.3 is 11.8 Å². The number of fused-ring (bicyclic) bond motifs is 1. The minimum absolute atomic E-state index is 0.0379. The van der Waals surface area contributed by atoms with Gasteiger partial charge in [0.15, 0.2) is 0 Å². The molecule has 4 aromatic rings. The van der Waals surface area contributed by atoms with Crippen LogP contribution in [0.2, 0.25) is 20.1 Å². The lowest BCUT2D eigenvalue weighted by atomic mass is 10.2. The van der Waals surface area contributed by atoms with Crippen molar-refractivity contribution in [1.82, 2.24) is 4.68 Å². The molecule has 0 radical (unpaired) electrons.